The molecule has 1 unspecified atom stereocenters. The fourth-order valence-electron chi connectivity index (χ4n) is 2.69. The predicted molar refractivity (Wildman–Crippen MR) is 93.6 cm³/mol. The number of hydrogen-bond acceptors (Lipinski definition) is 3. The van der Waals surface area contributed by atoms with Crippen LogP contribution in [0.5, 0.6) is 0 Å². The zero-order chi connectivity index (χ0) is 17.0. The highest BCUT2D eigenvalue weighted by molar-refractivity contribution is 7.85. The lowest BCUT2D eigenvalue weighted by Crippen LogP contribution is -3.00. The molecule has 0 amide bonds. The van der Waals surface area contributed by atoms with Crippen LogP contribution in [0.15, 0.2) is 42.1 Å². The summed E-state index contributed by atoms with van der Waals surface area (Å²) in [5.41, 5.74) is 4.18. The normalized spacial score (nSPS) is 16.5. The largest absolute Gasteiger partial charge is 0.748 e. The third-order valence-corrected chi connectivity index (χ3v) is 4.84. The van der Waals surface area contributed by atoms with Crippen molar-refractivity contribution >= 4 is 32.7 Å². The second kappa shape index (κ2) is 7.25. The molecule has 3 rings (SSSR count). The van der Waals surface area contributed by atoms with E-state index in [2.05, 4.69) is 56.4 Å². The Labute approximate surface area is 138 Å². The highest BCUT2D eigenvalue weighted by Gasteiger charge is 2.23. The van der Waals surface area contributed by atoms with Crippen LogP contribution in [0.4, 0.5) is 5.69 Å². The molecule has 0 aliphatic carbocycles. The van der Waals surface area contributed by atoms with Gasteiger partial charge >= 0.3 is 0 Å². The van der Waals surface area contributed by atoms with Crippen molar-refractivity contribution < 1.29 is 17.9 Å². The zero-order valence-corrected chi connectivity index (χ0v) is 14.6. The number of rotatable bonds is 3. The van der Waals surface area contributed by atoms with Gasteiger partial charge in [0.15, 0.2) is 5.69 Å². The maximum Gasteiger partial charge on any atom is 0.151 e. The lowest BCUT2D eigenvalue weighted by molar-refractivity contribution is -0.761. The van der Waals surface area contributed by atoms with Crippen LogP contribution in [0.3, 0.4) is 0 Å². The van der Waals surface area contributed by atoms with Crippen molar-refractivity contribution in [3.8, 4) is 0 Å². The Kier molecular flexibility index (Phi) is 5.57. The van der Waals surface area contributed by atoms with E-state index in [0.29, 0.717) is 6.42 Å². The molecule has 0 saturated carbocycles. The lowest BCUT2D eigenvalue weighted by atomic mass is 10.1. The van der Waals surface area contributed by atoms with Crippen molar-refractivity contribution in [3.63, 3.8) is 0 Å². The van der Waals surface area contributed by atoms with Crippen LogP contribution >= 0.6 is 0 Å². The van der Waals surface area contributed by atoms with Gasteiger partial charge in [-0.05, 0) is 23.9 Å². The Bertz CT molecular complexity index is 825. The number of fused-ring (bicyclic) bond motifs is 3. The Morgan fingerprint density at radius 2 is 1.83 bits per heavy atom. The molecule has 1 aliphatic heterocycles. The average molecular weight is 333 g/mol. The van der Waals surface area contributed by atoms with Gasteiger partial charge in [-0.3, -0.25) is 4.90 Å². The molecule has 124 valence electrons. The summed E-state index contributed by atoms with van der Waals surface area (Å²) in [6, 6.07) is 13.0. The molecule has 2 aromatic carbocycles. The second-order valence-corrected chi connectivity index (χ2v) is 7.34. The number of nitrogens with one attached hydrogen (secondary N) is 1. The van der Waals surface area contributed by atoms with Gasteiger partial charge in [0, 0.05) is 29.7 Å². The van der Waals surface area contributed by atoms with Crippen LogP contribution in [-0.2, 0) is 10.1 Å². The van der Waals surface area contributed by atoms with Gasteiger partial charge in [0.25, 0.3) is 0 Å². The van der Waals surface area contributed by atoms with Crippen molar-refractivity contribution in [3.05, 3.63) is 47.7 Å². The molecule has 0 fully saturated rings. The summed E-state index contributed by atoms with van der Waals surface area (Å²) < 4.78 is 29.5. The van der Waals surface area contributed by atoms with E-state index >= 15 is 0 Å². The quantitative estimate of drug-likeness (QED) is 0.879. The van der Waals surface area contributed by atoms with Gasteiger partial charge in [0.05, 0.1) is 17.2 Å². The second-order valence-electron chi connectivity index (χ2n) is 5.82. The fourth-order valence-corrected chi connectivity index (χ4v) is 3.33. The van der Waals surface area contributed by atoms with E-state index in [4.69, 9.17) is 0 Å². The Hall–Kier alpha value is -1.69. The topological polar surface area (TPSA) is 61.6 Å². The minimum Gasteiger partial charge on any atom is -0.748 e. The van der Waals surface area contributed by atoms with Gasteiger partial charge in [0.2, 0.25) is 0 Å². The van der Waals surface area contributed by atoms with Gasteiger partial charge < -0.3 is 4.55 Å². The maximum atomic E-state index is 9.83. The molecule has 1 N–H and O–H groups in total. The highest BCUT2D eigenvalue weighted by Crippen LogP contribution is 2.29. The smallest absolute Gasteiger partial charge is 0.151 e. The highest BCUT2D eigenvalue weighted by atomic mass is 32.2. The molecular formula is C18H23NO3S. The summed E-state index contributed by atoms with van der Waals surface area (Å²) >= 11 is 0. The third-order valence-electron chi connectivity index (χ3n) is 4.05. The van der Waals surface area contributed by atoms with Crippen molar-refractivity contribution in [2.45, 2.75) is 26.7 Å². The molecule has 4 nitrogen and oxygen atoms in total. The van der Waals surface area contributed by atoms with Gasteiger partial charge in [0.1, 0.15) is 5.70 Å². The predicted octanol–water partition coefficient (Wildman–Crippen LogP) is 2.69. The summed E-state index contributed by atoms with van der Waals surface area (Å²) in [7, 11) is -1.72. The average Bonchev–Trinajstić information content (AvgIpc) is 2.80. The van der Waals surface area contributed by atoms with Gasteiger partial charge in [-0.25, -0.2) is 8.42 Å². The third kappa shape index (κ3) is 4.41. The SMILES string of the molecule is CC1=Cc2ccc3ccccc3c2[NH+]1C.CCCCS(=O)(=O)[O-]. The van der Waals surface area contributed by atoms with Crippen molar-refractivity contribution in [1.29, 1.82) is 0 Å². The van der Waals surface area contributed by atoms with Gasteiger partial charge in [-0.2, -0.15) is 0 Å². The van der Waals surface area contributed by atoms with Crippen LogP contribution in [-0.4, -0.2) is 25.8 Å². The monoisotopic (exact) mass is 333 g/mol. The number of benzene rings is 2. The van der Waals surface area contributed by atoms with E-state index in [1.54, 1.807) is 0 Å². The van der Waals surface area contributed by atoms with E-state index in [9.17, 15) is 13.0 Å². The van der Waals surface area contributed by atoms with Crippen molar-refractivity contribution in [2.75, 3.05) is 12.8 Å². The van der Waals surface area contributed by atoms with E-state index in [1.807, 2.05) is 6.92 Å². The number of quaternary nitrogens is 1. The molecule has 0 aromatic heterocycles. The first-order valence-corrected chi connectivity index (χ1v) is 9.39. The number of unbranched alkanes of at least 4 members (excludes halogenated alkanes) is 1. The Morgan fingerprint density at radius 3 is 2.43 bits per heavy atom. The molecule has 5 heteroatoms. The van der Waals surface area contributed by atoms with Gasteiger partial charge in [-0.15, -0.1) is 0 Å². The van der Waals surface area contributed by atoms with Crippen LogP contribution in [0, 0.1) is 0 Å². The molecule has 0 bridgehead atoms. The summed E-state index contributed by atoms with van der Waals surface area (Å²) in [5, 5.41) is 2.71. The van der Waals surface area contributed by atoms with Crippen LogP contribution in [0.25, 0.3) is 16.8 Å². The summed E-state index contributed by atoms with van der Waals surface area (Å²) in [5.74, 6) is -0.219. The molecule has 0 spiro atoms. The van der Waals surface area contributed by atoms with Crippen LogP contribution < -0.4 is 4.90 Å². The standard InChI is InChI=1S/C14H13N.C4H10O3S/c1-10-9-12-8-7-11-5-3-4-6-13(11)14(12)15(10)2;1-2-3-4-8(5,6)7/h3-9H,1-2H3;2-4H2,1H3,(H,5,6,7). The first-order valence-electron chi connectivity index (χ1n) is 7.81. The van der Waals surface area contributed by atoms with E-state index in [0.717, 1.165) is 6.42 Å². The van der Waals surface area contributed by atoms with E-state index < -0.39 is 10.1 Å². The van der Waals surface area contributed by atoms with Crippen LogP contribution in [0.2, 0.25) is 0 Å². The molecule has 23 heavy (non-hydrogen) atoms. The van der Waals surface area contributed by atoms with Crippen LogP contribution in [0.1, 0.15) is 32.3 Å². The van der Waals surface area contributed by atoms with E-state index in [-0.39, 0.29) is 5.75 Å². The van der Waals surface area contributed by atoms with Crippen molar-refractivity contribution in [2.24, 2.45) is 0 Å². The summed E-state index contributed by atoms with van der Waals surface area (Å²) in [6.07, 6.45) is 3.50. The Morgan fingerprint density at radius 1 is 1.13 bits per heavy atom. The molecule has 2 aromatic rings. The van der Waals surface area contributed by atoms with Crippen molar-refractivity contribution in [1.82, 2.24) is 0 Å². The maximum absolute atomic E-state index is 9.83. The molecule has 1 aliphatic rings. The lowest BCUT2D eigenvalue weighted by Gasteiger charge is -2.11. The Balaban J connectivity index is 0.000000207. The summed E-state index contributed by atoms with van der Waals surface area (Å²) in [4.78, 5) is 1.42. The number of allylic oxidation sites excluding steroid dienone is 1. The molecule has 1 heterocycles. The first kappa shape index (κ1) is 17.7. The first-order chi connectivity index (χ1) is 10.8. The summed E-state index contributed by atoms with van der Waals surface area (Å²) in [6.45, 7) is 4.02. The molecular weight excluding hydrogens is 310 g/mol. The minimum absolute atomic E-state index is 0.219. The minimum atomic E-state index is -3.94. The number of hydrogen-bond donors (Lipinski definition) is 1. The fraction of sp³-hybridized carbons (Fsp3) is 0.333. The molecule has 0 radical (unpaired) electrons. The zero-order valence-electron chi connectivity index (χ0n) is 13.8. The van der Waals surface area contributed by atoms with E-state index in [1.165, 1.54) is 32.6 Å². The van der Waals surface area contributed by atoms with Gasteiger partial charge in [-0.1, -0.05) is 37.6 Å². The molecule has 0 saturated heterocycles. The molecule has 1 atom stereocenters.